The summed E-state index contributed by atoms with van der Waals surface area (Å²) >= 11 is 0. The molecule has 0 aliphatic carbocycles. The minimum absolute atomic E-state index is 0.602. The molecule has 1 atom stereocenters. The minimum atomic E-state index is 0.602. The van der Waals surface area contributed by atoms with Gasteiger partial charge in [0.15, 0.2) is 5.89 Å². The first-order valence-electron chi connectivity index (χ1n) is 6.63. The summed E-state index contributed by atoms with van der Waals surface area (Å²) < 4.78 is 5.53. The third-order valence-corrected chi connectivity index (χ3v) is 3.57. The van der Waals surface area contributed by atoms with Crippen molar-refractivity contribution >= 4 is 0 Å². The maximum absolute atomic E-state index is 5.53. The lowest BCUT2D eigenvalue weighted by Gasteiger charge is -2.31. The molecule has 2 N–H and O–H groups in total. The first-order chi connectivity index (χ1) is 8.29. The molecule has 96 valence electrons. The molecule has 0 spiro atoms. The van der Waals surface area contributed by atoms with Crippen LogP contribution in [0.4, 0.5) is 0 Å². The smallest absolute Gasteiger partial charge is 0.195 e. The molecule has 0 aromatic carbocycles. The van der Waals surface area contributed by atoms with Crippen LogP contribution in [0.1, 0.15) is 37.3 Å². The Morgan fingerprint density at radius 1 is 1.53 bits per heavy atom. The van der Waals surface area contributed by atoms with Gasteiger partial charge in [0.1, 0.15) is 6.26 Å². The molecule has 1 unspecified atom stereocenters. The summed E-state index contributed by atoms with van der Waals surface area (Å²) in [5.41, 5.74) is 6.53. The van der Waals surface area contributed by atoms with Gasteiger partial charge in [0, 0.05) is 12.5 Å². The van der Waals surface area contributed by atoms with Gasteiger partial charge in [-0.1, -0.05) is 6.42 Å². The zero-order valence-electron chi connectivity index (χ0n) is 10.7. The molecule has 17 heavy (non-hydrogen) atoms. The standard InChI is InChI=1S/C13H23N3O/c1-16-8-3-2-6-12(16)9-13-15-11(10-17-13)5-4-7-14/h10,12H,2-9,14H2,1H3. The summed E-state index contributed by atoms with van der Waals surface area (Å²) in [7, 11) is 2.20. The van der Waals surface area contributed by atoms with Crippen LogP contribution in [0, 0.1) is 0 Å². The van der Waals surface area contributed by atoms with E-state index in [0.717, 1.165) is 30.8 Å². The highest BCUT2D eigenvalue weighted by atomic mass is 16.3. The summed E-state index contributed by atoms with van der Waals surface area (Å²) in [5.74, 6) is 0.885. The Morgan fingerprint density at radius 3 is 3.18 bits per heavy atom. The number of piperidine rings is 1. The number of likely N-dealkylation sites (N-methyl/N-ethyl adjacent to an activating group) is 1. The van der Waals surface area contributed by atoms with Crippen LogP contribution in [0.5, 0.6) is 0 Å². The lowest BCUT2D eigenvalue weighted by Crippen LogP contribution is -2.37. The van der Waals surface area contributed by atoms with Gasteiger partial charge in [-0.05, 0) is 45.8 Å². The molecule has 1 aliphatic heterocycles. The van der Waals surface area contributed by atoms with Crippen molar-refractivity contribution in [1.82, 2.24) is 9.88 Å². The molecular weight excluding hydrogens is 214 g/mol. The van der Waals surface area contributed by atoms with E-state index in [0.29, 0.717) is 12.6 Å². The van der Waals surface area contributed by atoms with Crippen LogP contribution >= 0.6 is 0 Å². The predicted octanol–water partition coefficient (Wildman–Crippen LogP) is 1.59. The minimum Gasteiger partial charge on any atom is -0.449 e. The fraction of sp³-hybridized carbons (Fsp3) is 0.769. The average Bonchev–Trinajstić information content (AvgIpc) is 2.77. The second-order valence-corrected chi connectivity index (χ2v) is 4.96. The zero-order valence-corrected chi connectivity index (χ0v) is 10.7. The zero-order chi connectivity index (χ0) is 12.1. The van der Waals surface area contributed by atoms with Crippen LogP contribution in [0.2, 0.25) is 0 Å². The van der Waals surface area contributed by atoms with Gasteiger partial charge in [-0.3, -0.25) is 0 Å². The molecule has 1 fully saturated rings. The molecular formula is C13H23N3O. The van der Waals surface area contributed by atoms with Crippen molar-refractivity contribution in [3.8, 4) is 0 Å². The van der Waals surface area contributed by atoms with Crippen LogP contribution in [-0.4, -0.2) is 36.1 Å². The lowest BCUT2D eigenvalue weighted by molar-refractivity contribution is 0.177. The number of likely N-dealkylation sites (tertiary alicyclic amines) is 1. The largest absolute Gasteiger partial charge is 0.449 e. The number of hydrogen-bond donors (Lipinski definition) is 1. The number of nitrogens with two attached hydrogens (primary N) is 1. The fourth-order valence-corrected chi connectivity index (χ4v) is 2.44. The van der Waals surface area contributed by atoms with E-state index in [1.807, 2.05) is 0 Å². The molecule has 1 aromatic heterocycles. The van der Waals surface area contributed by atoms with Crippen molar-refractivity contribution < 1.29 is 4.42 Å². The molecule has 0 bridgehead atoms. The predicted molar refractivity (Wildman–Crippen MR) is 67.9 cm³/mol. The summed E-state index contributed by atoms with van der Waals surface area (Å²) in [5, 5.41) is 0. The molecule has 1 aromatic rings. The number of aromatic nitrogens is 1. The van der Waals surface area contributed by atoms with Crippen LogP contribution in [0.25, 0.3) is 0 Å². The Labute approximate surface area is 103 Å². The van der Waals surface area contributed by atoms with Gasteiger partial charge < -0.3 is 15.1 Å². The van der Waals surface area contributed by atoms with Gasteiger partial charge in [-0.15, -0.1) is 0 Å². The molecule has 2 heterocycles. The van der Waals surface area contributed by atoms with Gasteiger partial charge in [0.05, 0.1) is 5.69 Å². The van der Waals surface area contributed by atoms with Crippen LogP contribution in [-0.2, 0) is 12.8 Å². The monoisotopic (exact) mass is 237 g/mol. The maximum Gasteiger partial charge on any atom is 0.195 e. The highest BCUT2D eigenvalue weighted by Gasteiger charge is 2.21. The van der Waals surface area contributed by atoms with E-state index in [2.05, 4.69) is 16.9 Å². The Balaban J connectivity index is 1.87. The molecule has 0 amide bonds. The van der Waals surface area contributed by atoms with Crippen molar-refractivity contribution in [2.24, 2.45) is 5.73 Å². The summed E-state index contributed by atoms with van der Waals surface area (Å²) in [6.07, 6.45) is 8.55. The summed E-state index contributed by atoms with van der Waals surface area (Å²) in [6, 6.07) is 0.602. The number of aryl methyl sites for hydroxylation is 1. The van der Waals surface area contributed by atoms with Crippen LogP contribution < -0.4 is 5.73 Å². The first kappa shape index (κ1) is 12.6. The van der Waals surface area contributed by atoms with E-state index in [1.165, 1.54) is 25.8 Å². The van der Waals surface area contributed by atoms with Gasteiger partial charge in [0.2, 0.25) is 0 Å². The van der Waals surface area contributed by atoms with E-state index in [1.54, 1.807) is 6.26 Å². The Kier molecular flexibility index (Phi) is 4.57. The lowest BCUT2D eigenvalue weighted by atomic mass is 10.0. The van der Waals surface area contributed by atoms with E-state index in [9.17, 15) is 0 Å². The van der Waals surface area contributed by atoms with Crippen molar-refractivity contribution in [2.45, 2.75) is 44.6 Å². The number of nitrogens with zero attached hydrogens (tertiary/aromatic N) is 2. The SMILES string of the molecule is CN1CCCCC1Cc1nc(CCCN)co1. The fourth-order valence-electron chi connectivity index (χ4n) is 2.44. The molecule has 4 nitrogen and oxygen atoms in total. The van der Waals surface area contributed by atoms with E-state index in [4.69, 9.17) is 10.2 Å². The summed E-state index contributed by atoms with van der Waals surface area (Å²) in [6.45, 7) is 1.92. The normalized spacial score (nSPS) is 21.9. The molecule has 4 heteroatoms. The summed E-state index contributed by atoms with van der Waals surface area (Å²) in [4.78, 5) is 6.95. The molecule has 0 radical (unpaired) electrons. The number of oxazole rings is 1. The number of hydrogen-bond acceptors (Lipinski definition) is 4. The molecule has 1 aliphatic rings. The third kappa shape index (κ3) is 3.54. The topological polar surface area (TPSA) is 55.3 Å². The molecule has 0 saturated carbocycles. The first-order valence-corrected chi connectivity index (χ1v) is 6.63. The van der Waals surface area contributed by atoms with E-state index in [-0.39, 0.29) is 0 Å². The quantitative estimate of drug-likeness (QED) is 0.845. The highest BCUT2D eigenvalue weighted by Crippen LogP contribution is 2.19. The maximum atomic E-state index is 5.53. The van der Waals surface area contributed by atoms with Gasteiger partial charge in [-0.2, -0.15) is 0 Å². The van der Waals surface area contributed by atoms with Gasteiger partial charge in [-0.25, -0.2) is 4.98 Å². The van der Waals surface area contributed by atoms with Crippen LogP contribution in [0.3, 0.4) is 0 Å². The average molecular weight is 237 g/mol. The second kappa shape index (κ2) is 6.17. The Hall–Kier alpha value is -0.870. The van der Waals surface area contributed by atoms with E-state index >= 15 is 0 Å². The Morgan fingerprint density at radius 2 is 2.41 bits per heavy atom. The highest BCUT2D eigenvalue weighted by molar-refractivity contribution is 4.98. The van der Waals surface area contributed by atoms with Gasteiger partial charge in [0.25, 0.3) is 0 Å². The Bertz CT molecular complexity index is 337. The molecule has 2 rings (SSSR count). The van der Waals surface area contributed by atoms with E-state index < -0.39 is 0 Å². The van der Waals surface area contributed by atoms with Crippen molar-refractivity contribution in [1.29, 1.82) is 0 Å². The van der Waals surface area contributed by atoms with Crippen molar-refractivity contribution in [3.63, 3.8) is 0 Å². The van der Waals surface area contributed by atoms with Gasteiger partial charge >= 0.3 is 0 Å². The second-order valence-electron chi connectivity index (χ2n) is 4.96. The van der Waals surface area contributed by atoms with Crippen LogP contribution in [0.15, 0.2) is 10.7 Å². The molecule has 1 saturated heterocycles. The van der Waals surface area contributed by atoms with Crippen molar-refractivity contribution in [3.05, 3.63) is 17.8 Å². The van der Waals surface area contributed by atoms with Crippen molar-refractivity contribution in [2.75, 3.05) is 20.1 Å². The third-order valence-electron chi connectivity index (χ3n) is 3.57. The number of rotatable bonds is 5.